The van der Waals surface area contributed by atoms with Gasteiger partial charge in [0, 0.05) is 22.3 Å². The van der Waals surface area contributed by atoms with E-state index in [0.717, 1.165) is 0 Å². The van der Waals surface area contributed by atoms with Crippen LogP contribution in [0, 0.1) is 0 Å². The third kappa shape index (κ3) is 3.54. The first kappa shape index (κ1) is 22.3. The Balaban J connectivity index is 1.76. The molecule has 3 aromatic rings. The molecule has 3 aromatic carbocycles. The van der Waals surface area contributed by atoms with Crippen molar-refractivity contribution in [2.24, 2.45) is 0 Å². The number of carbonyl (C=O) groups excluding carboxylic acids is 2. The zero-order valence-corrected chi connectivity index (χ0v) is 19.5. The summed E-state index contributed by atoms with van der Waals surface area (Å²) in [5.41, 5.74) is 2.85. The number of ether oxygens (including phenoxy) is 6. The van der Waals surface area contributed by atoms with E-state index >= 15 is 0 Å². The second-order valence-electron chi connectivity index (χ2n) is 7.83. The second kappa shape index (κ2) is 8.72. The summed E-state index contributed by atoms with van der Waals surface area (Å²) in [6, 6.07) is 15.6. The predicted octanol–water partition coefficient (Wildman–Crippen LogP) is 4.41. The maximum absolute atomic E-state index is 13.5. The van der Waals surface area contributed by atoms with Crippen LogP contribution in [0.25, 0.3) is 11.3 Å². The molecule has 2 heterocycles. The van der Waals surface area contributed by atoms with Gasteiger partial charge in [-0.1, -0.05) is 24.3 Å². The molecule has 0 aliphatic carbocycles. The molecule has 0 N–H and O–H groups in total. The highest BCUT2D eigenvalue weighted by Crippen LogP contribution is 2.48. The lowest BCUT2D eigenvalue weighted by Gasteiger charge is -2.29. The van der Waals surface area contributed by atoms with Gasteiger partial charge in [-0.05, 0) is 30.3 Å². The Bertz CT molecular complexity index is 1390. The maximum Gasteiger partial charge on any atom is 0.344 e. The molecule has 0 amide bonds. The lowest BCUT2D eigenvalue weighted by molar-refractivity contribution is -0.141. The number of hydrogen-bond acceptors (Lipinski definition) is 8. The normalized spacial score (nSPS) is 18.2. The molecule has 178 valence electrons. The summed E-state index contributed by atoms with van der Waals surface area (Å²) in [7, 11) is 6.11. The molecule has 0 saturated heterocycles. The van der Waals surface area contributed by atoms with Gasteiger partial charge in [0.25, 0.3) is 0 Å². The highest BCUT2D eigenvalue weighted by molar-refractivity contribution is 6.27. The van der Waals surface area contributed by atoms with Gasteiger partial charge in [-0.3, -0.25) is 0 Å². The fourth-order valence-electron chi connectivity index (χ4n) is 4.39. The molecule has 0 radical (unpaired) electrons. The van der Waals surface area contributed by atoms with E-state index in [4.69, 9.17) is 28.4 Å². The summed E-state index contributed by atoms with van der Waals surface area (Å²) in [6.45, 7) is 0. The monoisotopic (exact) mass is 474 g/mol. The number of rotatable bonds is 5. The van der Waals surface area contributed by atoms with Gasteiger partial charge in [-0.15, -0.1) is 0 Å². The number of esters is 2. The van der Waals surface area contributed by atoms with Gasteiger partial charge in [0.15, 0.2) is 34.9 Å². The standard InChI is InChI=1S/C27H22O8/c1-30-19-10-9-14(11-20(19)31-2)24-18-13-22(33-4)21(32-3)12-17(18)23(27(29)34-24)25-15-7-5-6-8-16(15)26(28)35-25/h5-13,24H,1-4H3/b25-23+/t24-/m1/s1. The largest absolute Gasteiger partial charge is 0.493 e. The summed E-state index contributed by atoms with van der Waals surface area (Å²) in [4.78, 5) is 26.0. The minimum absolute atomic E-state index is 0.135. The molecule has 0 saturated carbocycles. The molecule has 0 unspecified atom stereocenters. The molecule has 2 aliphatic heterocycles. The van der Waals surface area contributed by atoms with E-state index in [-0.39, 0.29) is 11.3 Å². The predicted molar refractivity (Wildman–Crippen MR) is 126 cm³/mol. The Morgan fingerprint density at radius 1 is 0.657 bits per heavy atom. The van der Waals surface area contributed by atoms with Gasteiger partial charge in [0.05, 0.1) is 34.0 Å². The summed E-state index contributed by atoms with van der Waals surface area (Å²) in [5.74, 6) is 0.901. The van der Waals surface area contributed by atoms with Crippen LogP contribution in [0.4, 0.5) is 0 Å². The van der Waals surface area contributed by atoms with Crippen LogP contribution in [0.2, 0.25) is 0 Å². The fraction of sp³-hybridized carbons (Fsp3) is 0.185. The minimum atomic E-state index is -0.784. The molecule has 0 fully saturated rings. The van der Waals surface area contributed by atoms with Crippen molar-refractivity contribution in [3.8, 4) is 23.0 Å². The molecule has 8 heteroatoms. The van der Waals surface area contributed by atoms with Crippen molar-refractivity contribution in [2.75, 3.05) is 28.4 Å². The summed E-state index contributed by atoms with van der Waals surface area (Å²) < 4.78 is 33.3. The average molecular weight is 474 g/mol. The van der Waals surface area contributed by atoms with E-state index in [0.29, 0.717) is 50.8 Å². The molecule has 2 aliphatic rings. The number of carbonyl (C=O) groups is 2. The summed E-state index contributed by atoms with van der Waals surface area (Å²) in [6.07, 6.45) is -0.784. The molecule has 0 bridgehead atoms. The number of hydrogen-bond donors (Lipinski definition) is 0. The van der Waals surface area contributed by atoms with Crippen LogP contribution in [0.15, 0.2) is 54.6 Å². The van der Waals surface area contributed by atoms with Gasteiger partial charge < -0.3 is 28.4 Å². The van der Waals surface area contributed by atoms with Crippen molar-refractivity contribution in [2.45, 2.75) is 6.10 Å². The van der Waals surface area contributed by atoms with Crippen molar-refractivity contribution in [1.82, 2.24) is 0 Å². The van der Waals surface area contributed by atoms with Crippen molar-refractivity contribution >= 4 is 23.3 Å². The zero-order valence-electron chi connectivity index (χ0n) is 19.5. The van der Waals surface area contributed by atoms with Crippen molar-refractivity contribution < 1.29 is 38.0 Å². The van der Waals surface area contributed by atoms with Crippen molar-refractivity contribution in [3.63, 3.8) is 0 Å². The van der Waals surface area contributed by atoms with Gasteiger partial charge in [-0.2, -0.15) is 0 Å². The fourth-order valence-corrected chi connectivity index (χ4v) is 4.39. The molecule has 5 rings (SSSR count). The molecule has 35 heavy (non-hydrogen) atoms. The zero-order chi connectivity index (χ0) is 24.7. The van der Waals surface area contributed by atoms with E-state index in [9.17, 15) is 9.59 Å². The number of fused-ring (bicyclic) bond motifs is 2. The Morgan fingerprint density at radius 3 is 1.97 bits per heavy atom. The average Bonchev–Trinajstić information content (AvgIpc) is 3.22. The molecular weight excluding hydrogens is 452 g/mol. The van der Waals surface area contributed by atoms with E-state index < -0.39 is 18.0 Å². The molecule has 0 aromatic heterocycles. The van der Waals surface area contributed by atoms with Gasteiger partial charge in [0.1, 0.15) is 5.57 Å². The number of methoxy groups -OCH3 is 4. The Hall–Kier alpha value is -4.46. The SMILES string of the molecule is COc1ccc([C@H]2OC(=O)/C(=C3/OC(=O)c4ccccc43)c3cc(OC)c(OC)cc32)cc1OC. The van der Waals surface area contributed by atoms with E-state index in [1.807, 2.05) is 0 Å². The lowest BCUT2D eigenvalue weighted by Crippen LogP contribution is -2.23. The van der Waals surface area contributed by atoms with Crippen LogP contribution in [-0.2, 0) is 14.3 Å². The van der Waals surface area contributed by atoms with Gasteiger partial charge in [-0.25, -0.2) is 9.59 Å². The van der Waals surface area contributed by atoms with Crippen LogP contribution in [0.5, 0.6) is 23.0 Å². The third-order valence-corrected chi connectivity index (χ3v) is 6.06. The number of benzene rings is 3. The first-order valence-corrected chi connectivity index (χ1v) is 10.8. The Morgan fingerprint density at radius 2 is 1.29 bits per heavy atom. The van der Waals surface area contributed by atoms with E-state index in [1.165, 1.54) is 21.3 Å². The summed E-state index contributed by atoms with van der Waals surface area (Å²) in [5, 5.41) is 0. The molecule has 0 spiro atoms. The molecular formula is C27H22O8. The third-order valence-electron chi connectivity index (χ3n) is 6.06. The summed E-state index contributed by atoms with van der Waals surface area (Å²) >= 11 is 0. The van der Waals surface area contributed by atoms with Crippen molar-refractivity contribution in [1.29, 1.82) is 0 Å². The van der Waals surface area contributed by atoms with Crippen LogP contribution in [-0.4, -0.2) is 40.4 Å². The highest BCUT2D eigenvalue weighted by atomic mass is 16.6. The molecule has 8 nitrogen and oxygen atoms in total. The smallest absolute Gasteiger partial charge is 0.344 e. The Kier molecular flexibility index (Phi) is 5.56. The van der Waals surface area contributed by atoms with Gasteiger partial charge in [0.2, 0.25) is 0 Å². The highest BCUT2D eigenvalue weighted by Gasteiger charge is 2.40. The van der Waals surface area contributed by atoms with Crippen molar-refractivity contribution in [3.05, 3.63) is 82.4 Å². The quantitative estimate of drug-likeness (QED) is 0.397. The van der Waals surface area contributed by atoms with E-state index in [1.54, 1.807) is 61.7 Å². The Labute approximate surface area is 201 Å². The van der Waals surface area contributed by atoms with Gasteiger partial charge >= 0.3 is 11.9 Å². The lowest BCUT2D eigenvalue weighted by atomic mass is 9.87. The first-order valence-electron chi connectivity index (χ1n) is 10.8. The first-order chi connectivity index (χ1) is 17.0. The second-order valence-corrected chi connectivity index (χ2v) is 7.83. The molecule has 1 atom stereocenters. The van der Waals surface area contributed by atoms with E-state index in [2.05, 4.69) is 0 Å². The topological polar surface area (TPSA) is 89.5 Å². The number of cyclic esters (lactones) is 2. The van der Waals surface area contributed by atoms with Crippen LogP contribution >= 0.6 is 0 Å². The van der Waals surface area contributed by atoms with Crippen LogP contribution in [0.3, 0.4) is 0 Å². The van der Waals surface area contributed by atoms with Crippen LogP contribution in [0.1, 0.15) is 38.7 Å². The van der Waals surface area contributed by atoms with Crippen LogP contribution < -0.4 is 18.9 Å². The maximum atomic E-state index is 13.5. The minimum Gasteiger partial charge on any atom is -0.493 e.